The van der Waals surface area contributed by atoms with Crippen LogP contribution >= 0.6 is 0 Å². The Morgan fingerprint density at radius 3 is 2.78 bits per heavy atom. The highest BCUT2D eigenvalue weighted by Gasteiger charge is 2.18. The van der Waals surface area contributed by atoms with Crippen LogP contribution < -0.4 is 14.8 Å². The SMILES string of the molecule is COc1ccc(CNc2ccnc(C)n2)c(OC2CCCC2)c1. The van der Waals surface area contributed by atoms with E-state index in [4.69, 9.17) is 9.47 Å². The number of anilines is 1. The highest BCUT2D eigenvalue weighted by Crippen LogP contribution is 2.30. The Kier molecular flexibility index (Phi) is 4.95. The van der Waals surface area contributed by atoms with Crippen LogP contribution in [-0.2, 0) is 6.54 Å². The van der Waals surface area contributed by atoms with E-state index < -0.39 is 0 Å². The van der Waals surface area contributed by atoms with E-state index in [1.54, 1.807) is 13.3 Å². The minimum Gasteiger partial charge on any atom is -0.497 e. The molecule has 1 fully saturated rings. The molecule has 1 saturated carbocycles. The number of nitrogens with one attached hydrogen (secondary N) is 1. The van der Waals surface area contributed by atoms with E-state index in [1.165, 1.54) is 12.8 Å². The number of ether oxygens (including phenoxy) is 2. The van der Waals surface area contributed by atoms with E-state index in [1.807, 2.05) is 31.2 Å². The van der Waals surface area contributed by atoms with Crippen molar-refractivity contribution in [2.45, 2.75) is 45.3 Å². The second-order valence-corrected chi connectivity index (χ2v) is 5.84. The summed E-state index contributed by atoms with van der Waals surface area (Å²) in [6.07, 6.45) is 6.85. The molecule has 1 N–H and O–H groups in total. The summed E-state index contributed by atoms with van der Waals surface area (Å²) in [6, 6.07) is 7.85. The van der Waals surface area contributed by atoms with Crippen molar-refractivity contribution in [3.8, 4) is 11.5 Å². The normalized spacial score (nSPS) is 14.7. The van der Waals surface area contributed by atoms with Gasteiger partial charge in [0.05, 0.1) is 13.2 Å². The van der Waals surface area contributed by atoms with Crippen LogP contribution in [0.1, 0.15) is 37.1 Å². The van der Waals surface area contributed by atoms with Crippen molar-refractivity contribution in [3.05, 3.63) is 41.9 Å². The van der Waals surface area contributed by atoms with Crippen LogP contribution in [0.25, 0.3) is 0 Å². The third-order valence-corrected chi connectivity index (χ3v) is 4.11. The molecule has 0 amide bonds. The molecule has 1 heterocycles. The topological polar surface area (TPSA) is 56.3 Å². The van der Waals surface area contributed by atoms with Gasteiger partial charge in [0, 0.05) is 24.4 Å². The molecule has 0 bridgehead atoms. The van der Waals surface area contributed by atoms with Gasteiger partial charge in [0.25, 0.3) is 0 Å². The molecule has 122 valence electrons. The quantitative estimate of drug-likeness (QED) is 0.880. The Balaban J connectivity index is 1.74. The lowest BCUT2D eigenvalue weighted by Gasteiger charge is -2.18. The zero-order valence-corrected chi connectivity index (χ0v) is 13.7. The predicted octanol–water partition coefficient (Wildman–Crippen LogP) is 3.73. The molecule has 2 aromatic rings. The maximum atomic E-state index is 6.21. The highest BCUT2D eigenvalue weighted by atomic mass is 16.5. The second kappa shape index (κ2) is 7.31. The molecule has 1 aromatic heterocycles. The average Bonchev–Trinajstić information content (AvgIpc) is 3.06. The molecule has 1 aliphatic carbocycles. The van der Waals surface area contributed by atoms with E-state index in [0.717, 1.165) is 41.5 Å². The summed E-state index contributed by atoms with van der Waals surface area (Å²) in [5.41, 5.74) is 1.11. The van der Waals surface area contributed by atoms with E-state index in [2.05, 4.69) is 15.3 Å². The molecule has 0 saturated heterocycles. The summed E-state index contributed by atoms with van der Waals surface area (Å²) in [4.78, 5) is 8.48. The van der Waals surface area contributed by atoms with Gasteiger partial charge < -0.3 is 14.8 Å². The molecule has 23 heavy (non-hydrogen) atoms. The first-order valence-electron chi connectivity index (χ1n) is 8.11. The third kappa shape index (κ3) is 4.12. The standard InChI is InChI=1S/C18H23N3O2/c1-13-19-10-9-18(21-13)20-12-14-7-8-16(22-2)11-17(14)23-15-5-3-4-6-15/h7-11,15H,3-6,12H2,1-2H3,(H,19,20,21). The van der Waals surface area contributed by atoms with Gasteiger partial charge in [-0.25, -0.2) is 9.97 Å². The smallest absolute Gasteiger partial charge is 0.129 e. The van der Waals surface area contributed by atoms with Gasteiger partial charge >= 0.3 is 0 Å². The molecule has 1 aliphatic rings. The summed E-state index contributed by atoms with van der Waals surface area (Å²) in [5.74, 6) is 3.29. The summed E-state index contributed by atoms with van der Waals surface area (Å²) in [7, 11) is 1.68. The Hall–Kier alpha value is -2.30. The fourth-order valence-corrected chi connectivity index (χ4v) is 2.84. The molecular weight excluding hydrogens is 290 g/mol. The fourth-order valence-electron chi connectivity index (χ4n) is 2.84. The minimum absolute atomic E-state index is 0.321. The number of benzene rings is 1. The number of aryl methyl sites for hydroxylation is 1. The van der Waals surface area contributed by atoms with Crippen LogP contribution in [0, 0.1) is 6.92 Å². The minimum atomic E-state index is 0.321. The van der Waals surface area contributed by atoms with Crippen LogP contribution in [-0.4, -0.2) is 23.2 Å². The molecule has 0 radical (unpaired) electrons. The number of rotatable bonds is 6. The molecule has 0 aliphatic heterocycles. The van der Waals surface area contributed by atoms with E-state index in [0.29, 0.717) is 12.6 Å². The first-order valence-corrected chi connectivity index (χ1v) is 8.11. The molecule has 0 unspecified atom stereocenters. The molecule has 5 nitrogen and oxygen atoms in total. The van der Waals surface area contributed by atoms with Gasteiger partial charge in [-0.05, 0) is 50.8 Å². The van der Waals surface area contributed by atoms with Crippen molar-refractivity contribution < 1.29 is 9.47 Å². The Bertz CT molecular complexity index is 654. The van der Waals surface area contributed by atoms with Crippen molar-refractivity contribution in [2.24, 2.45) is 0 Å². The van der Waals surface area contributed by atoms with Gasteiger partial charge in [0.1, 0.15) is 23.1 Å². The summed E-state index contributed by atoms with van der Waals surface area (Å²) in [6.45, 7) is 2.54. The molecule has 0 atom stereocenters. The largest absolute Gasteiger partial charge is 0.497 e. The fraction of sp³-hybridized carbons (Fsp3) is 0.444. The van der Waals surface area contributed by atoms with E-state index in [9.17, 15) is 0 Å². The number of aromatic nitrogens is 2. The van der Waals surface area contributed by atoms with Gasteiger partial charge in [-0.15, -0.1) is 0 Å². The van der Waals surface area contributed by atoms with Gasteiger partial charge in [-0.1, -0.05) is 0 Å². The monoisotopic (exact) mass is 313 g/mol. The summed E-state index contributed by atoms with van der Waals surface area (Å²) in [5, 5.41) is 3.33. The summed E-state index contributed by atoms with van der Waals surface area (Å²) >= 11 is 0. The number of hydrogen-bond acceptors (Lipinski definition) is 5. The van der Waals surface area contributed by atoms with Crippen molar-refractivity contribution in [1.29, 1.82) is 0 Å². The molecule has 5 heteroatoms. The van der Waals surface area contributed by atoms with Crippen LogP contribution in [0.15, 0.2) is 30.5 Å². The van der Waals surface area contributed by atoms with Crippen LogP contribution in [0.4, 0.5) is 5.82 Å². The number of nitrogens with zero attached hydrogens (tertiary/aromatic N) is 2. The van der Waals surface area contributed by atoms with Crippen molar-refractivity contribution in [3.63, 3.8) is 0 Å². The predicted molar refractivity (Wildman–Crippen MR) is 90.0 cm³/mol. The van der Waals surface area contributed by atoms with Gasteiger partial charge in [0.2, 0.25) is 0 Å². The highest BCUT2D eigenvalue weighted by molar-refractivity contribution is 5.44. The molecule has 1 aromatic carbocycles. The maximum Gasteiger partial charge on any atom is 0.129 e. The lowest BCUT2D eigenvalue weighted by Crippen LogP contribution is -2.13. The third-order valence-electron chi connectivity index (χ3n) is 4.11. The zero-order chi connectivity index (χ0) is 16.1. The molecule has 3 rings (SSSR count). The van der Waals surface area contributed by atoms with Crippen LogP contribution in [0.3, 0.4) is 0 Å². The molecular formula is C18H23N3O2. The average molecular weight is 313 g/mol. The van der Waals surface area contributed by atoms with Crippen molar-refractivity contribution >= 4 is 5.82 Å². The van der Waals surface area contributed by atoms with E-state index >= 15 is 0 Å². The molecule has 0 spiro atoms. The first kappa shape index (κ1) is 15.6. The Labute approximate surface area is 137 Å². The Morgan fingerprint density at radius 2 is 2.04 bits per heavy atom. The Morgan fingerprint density at radius 1 is 1.22 bits per heavy atom. The van der Waals surface area contributed by atoms with Crippen molar-refractivity contribution in [1.82, 2.24) is 9.97 Å². The maximum absolute atomic E-state index is 6.21. The van der Waals surface area contributed by atoms with Gasteiger partial charge in [0.15, 0.2) is 0 Å². The first-order chi connectivity index (χ1) is 11.2. The lowest BCUT2D eigenvalue weighted by molar-refractivity contribution is 0.207. The van der Waals surface area contributed by atoms with Crippen LogP contribution in [0.2, 0.25) is 0 Å². The lowest BCUT2D eigenvalue weighted by atomic mass is 10.1. The summed E-state index contributed by atoms with van der Waals surface area (Å²) < 4.78 is 11.5. The van der Waals surface area contributed by atoms with Gasteiger partial charge in [-0.2, -0.15) is 0 Å². The zero-order valence-electron chi connectivity index (χ0n) is 13.7. The number of methoxy groups -OCH3 is 1. The van der Waals surface area contributed by atoms with Crippen molar-refractivity contribution in [2.75, 3.05) is 12.4 Å². The van der Waals surface area contributed by atoms with Crippen LogP contribution in [0.5, 0.6) is 11.5 Å². The van der Waals surface area contributed by atoms with E-state index in [-0.39, 0.29) is 0 Å². The second-order valence-electron chi connectivity index (χ2n) is 5.84. The van der Waals surface area contributed by atoms with Gasteiger partial charge in [-0.3, -0.25) is 0 Å². The number of hydrogen-bond donors (Lipinski definition) is 1.